The number of carbonyl (C=O) groups excluding carboxylic acids is 1. The molecule has 0 aliphatic carbocycles. The van der Waals surface area contributed by atoms with Crippen LogP contribution in [0.25, 0.3) is 10.8 Å². The number of hydrogen-bond donors (Lipinski definition) is 1. The second kappa shape index (κ2) is 7.59. The quantitative estimate of drug-likeness (QED) is 0.688. The number of nitrogens with zero attached hydrogens (tertiary/aromatic N) is 5. The van der Waals surface area contributed by atoms with Crippen molar-refractivity contribution >= 4 is 22.5 Å². The van der Waals surface area contributed by atoms with Gasteiger partial charge in [-0.25, -0.2) is 9.67 Å². The summed E-state index contributed by atoms with van der Waals surface area (Å²) in [5, 5.41) is 12.3. The van der Waals surface area contributed by atoms with E-state index in [0.717, 1.165) is 4.68 Å². The highest BCUT2D eigenvalue weighted by Gasteiger charge is 2.24. The Labute approximate surface area is 165 Å². The summed E-state index contributed by atoms with van der Waals surface area (Å²) in [5.74, 6) is 0.358. The molecule has 3 heterocycles. The lowest BCUT2D eigenvalue weighted by atomic mass is 10.2. The van der Waals surface area contributed by atoms with Crippen LogP contribution in [0.5, 0.6) is 0 Å². The number of aromatic nitrogens is 3. The molecule has 1 amide bonds. The summed E-state index contributed by atoms with van der Waals surface area (Å²) < 4.78 is 1.06. The van der Waals surface area contributed by atoms with E-state index in [9.17, 15) is 19.6 Å². The molecule has 0 bridgehead atoms. The summed E-state index contributed by atoms with van der Waals surface area (Å²) in [5.41, 5.74) is -0.316. The van der Waals surface area contributed by atoms with Gasteiger partial charge in [0.15, 0.2) is 0 Å². The van der Waals surface area contributed by atoms with E-state index in [0.29, 0.717) is 42.9 Å². The summed E-state index contributed by atoms with van der Waals surface area (Å²) in [6, 6.07) is 12.1. The van der Waals surface area contributed by atoms with E-state index in [4.69, 9.17) is 0 Å². The Hall–Kier alpha value is -3.93. The molecule has 1 N–H and O–H groups in total. The molecule has 146 valence electrons. The number of nitriles is 1. The van der Waals surface area contributed by atoms with E-state index in [1.807, 2.05) is 4.90 Å². The molecular weight excluding hydrogens is 372 g/mol. The van der Waals surface area contributed by atoms with Gasteiger partial charge in [0.2, 0.25) is 5.91 Å². The predicted octanol–water partition coefficient (Wildman–Crippen LogP) is 0.305. The van der Waals surface area contributed by atoms with E-state index < -0.39 is 11.1 Å². The minimum absolute atomic E-state index is 0.230. The molecular formula is C20H18N6O3. The van der Waals surface area contributed by atoms with Gasteiger partial charge in [-0.1, -0.05) is 12.1 Å². The molecule has 4 rings (SSSR count). The average molecular weight is 390 g/mol. The number of fused-ring (bicyclic) bond motifs is 1. The van der Waals surface area contributed by atoms with Gasteiger partial charge < -0.3 is 9.80 Å². The summed E-state index contributed by atoms with van der Waals surface area (Å²) in [6.45, 7) is 1.70. The van der Waals surface area contributed by atoms with Gasteiger partial charge in [0.05, 0.1) is 16.3 Å². The number of amides is 1. The highest BCUT2D eigenvalue weighted by atomic mass is 16.2. The third-order valence-electron chi connectivity index (χ3n) is 5.02. The van der Waals surface area contributed by atoms with E-state index in [-0.39, 0.29) is 17.8 Å². The number of carbonyl (C=O) groups is 1. The summed E-state index contributed by atoms with van der Waals surface area (Å²) >= 11 is 0. The van der Waals surface area contributed by atoms with E-state index in [1.54, 1.807) is 47.5 Å². The molecule has 0 atom stereocenters. The van der Waals surface area contributed by atoms with Crippen LogP contribution in [-0.4, -0.2) is 51.8 Å². The zero-order valence-corrected chi connectivity index (χ0v) is 15.5. The van der Waals surface area contributed by atoms with Crippen LogP contribution in [0, 0.1) is 11.3 Å². The second-order valence-electron chi connectivity index (χ2n) is 6.73. The number of benzene rings is 1. The third-order valence-corrected chi connectivity index (χ3v) is 5.02. The first-order chi connectivity index (χ1) is 14.1. The maximum Gasteiger partial charge on any atom is 0.273 e. The van der Waals surface area contributed by atoms with Crippen LogP contribution >= 0.6 is 0 Å². The molecule has 0 radical (unpaired) electrons. The lowest BCUT2D eigenvalue weighted by Gasteiger charge is -2.35. The van der Waals surface area contributed by atoms with E-state index in [2.05, 4.69) is 16.2 Å². The van der Waals surface area contributed by atoms with Crippen molar-refractivity contribution in [2.24, 2.45) is 0 Å². The lowest BCUT2D eigenvalue weighted by Crippen LogP contribution is -2.50. The van der Waals surface area contributed by atoms with Crippen molar-refractivity contribution in [3.05, 3.63) is 68.9 Å². The number of piperazine rings is 1. The van der Waals surface area contributed by atoms with Crippen molar-refractivity contribution in [1.82, 2.24) is 19.7 Å². The van der Waals surface area contributed by atoms with Gasteiger partial charge >= 0.3 is 0 Å². The SMILES string of the molecule is N#Cc1cccnc1N1CCN(C(=O)Cn2[nH]c(=O)c3ccccc3c2=O)CC1. The van der Waals surface area contributed by atoms with Crippen LogP contribution in [0.15, 0.2) is 52.2 Å². The normalized spacial score (nSPS) is 14.0. The monoisotopic (exact) mass is 390 g/mol. The van der Waals surface area contributed by atoms with Crippen LogP contribution < -0.4 is 16.0 Å². The zero-order valence-electron chi connectivity index (χ0n) is 15.5. The van der Waals surface area contributed by atoms with Crippen molar-refractivity contribution in [2.45, 2.75) is 6.54 Å². The van der Waals surface area contributed by atoms with Gasteiger partial charge in [-0.15, -0.1) is 0 Å². The lowest BCUT2D eigenvalue weighted by molar-refractivity contribution is -0.132. The minimum Gasteiger partial charge on any atom is -0.352 e. The maximum atomic E-state index is 12.7. The van der Waals surface area contributed by atoms with Crippen LogP contribution in [0.4, 0.5) is 5.82 Å². The molecule has 0 unspecified atom stereocenters. The number of nitrogens with one attached hydrogen (secondary N) is 1. The van der Waals surface area contributed by atoms with Gasteiger partial charge in [-0.3, -0.25) is 19.5 Å². The van der Waals surface area contributed by atoms with Crippen LogP contribution in [0.1, 0.15) is 5.56 Å². The van der Waals surface area contributed by atoms with Gasteiger partial charge in [-0.05, 0) is 24.3 Å². The Balaban J connectivity index is 1.48. The molecule has 0 saturated carbocycles. The number of rotatable bonds is 3. The van der Waals surface area contributed by atoms with Crippen LogP contribution in [-0.2, 0) is 11.3 Å². The van der Waals surface area contributed by atoms with Crippen molar-refractivity contribution in [2.75, 3.05) is 31.1 Å². The van der Waals surface area contributed by atoms with Crippen molar-refractivity contribution in [3.8, 4) is 6.07 Å². The highest BCUT2D eigenvalue weighted by molar-refractivity contribution is 5.81. The number of aromatic amines is 1. The largest absolute Gasteiger partial charge is 0.352 e. The van der Waals surface area contributed by atoms with E-state index >= 15 is 0 Å². The van der Waals surface area contributed by atoms with Gasteiger partial charge in [0.25, 0.3) is 11.1 Å². The minimum atomic E-state index is -0.406. The number of H-pyrrole nitrogens is 1. The molecule has 3 aromatic rings. The number of hydrogen-bond acceptors (Lipinski definition) is 6. The fraction of sp³-hybridized carbons (Fsp3) is 0.250. The van der Waals surface area contributed by atoms with Crippen molar-refractivity contribution in [3.63, 3.8) is 0 Å². The molecule has 2 aromatic heterocycles. The molecule has 1 fully saturated rings. The molecule has 1 aliphatic rings. The summed E-state index contributed by atoms with van der Waals surface area (Å²) in [6.07, 6.45) is 1.64. The van der Waals surface area contributed by atoms with Crippen LogP contribution in [0.3, 0.4) is 0 Å². The smallest absolute Gasteiger partial charge is 0.273 e. The average Bonchev–Trinajstić information content (AvgIpc) is 2.77. The first kappa shape index (κ1) is 18.4. The Morgan fingerprint density at radius 3 is 2.52 bits per heavy atom. The van der Waals surface area contributed by atoms with Crippen molar-refractivity contribution in [1.29, 1.82) is 5.26 Å². The first-order valence-electron chi connectivity index (χ1n) is 9.18. The summed E-state index contributed by atoms with van der Waals surface area (Å²) in [7, 11) is 0. The molecule has 1 aliphatic heterocycles. The standard InChI is InChI=1S/C20H18N6O3/c21-12-14-4-3-7-22-18(14)25-10-8-24(9-11-25)17(27)13-26-20(29)16-6-2-1-5-15(16)19(28)23-26/h1-7H,8-11,13H2,(H,23,28). The van der Waals surface area contributed by atoms with Gasteiger partial charge in [-0.2, -0.15) is 5.26 Å². The molecule has 1 saturated heterocycles. The molecule has 29 heavy (non-hydrogen) atoms. The van der Waals surface area contributed by atoms with Crippen LogP contribution in [0.2, 0.25) is 0 Å². The van der Waals surface area contributed by atoms with E-state index in [1.165, 1.54) is 0 Å². The highest BCUT2D eigenvalue weighted by Crippen LogP contribution is 2.18. The second-order valence-corrected chi connectivity index (χ2v) is 6.73. The maximum absolute atomic E-state index is 12.7. The number of anilines is 1. The Morgan fingerprint density at radius 1 is 1.07 bits per heavy atom. The Morgan fingerprint density at radius 2 is 1.79 bits per heavy atom. The fourth-order valence-electron chi connectivity index (χ4n) is 3.50. The molecule has 9 nitrogen and oxygen atoms in total. The Bertz CT molecular complexity index is 1230. The molecule has 9 heteroatoms. The van der Waals surface area contributed by atoms with Gasteiger partial charge in [0.1, 0.15) is 18.4 Å². The topological polar surface area (TPSA) is 115 Å². The molecule has 1 aromatic carbocycles. The van der Waals surface area contributed by atoms with Gasteiger partial charge in [0, 0.05) is 32.4 Å². The number of pyridine rings is 1. The summed E-state index contributed by atoms with van der Waals surface area (Å²) in [4.78, 5) is 45.3. The Kier molecular flexibility index (Phi) is 4.83. The zero-order chi connectivity index (χ0) is 20.4. The van der Waals surface area contributed by atoms with Crippen molar-refractivity contribution < 1.29 is 4.79 Å². The first-order valence-corrected chi connectivity index (χ1v) is 9.18. The predicted molar refractivity (Wildman–Crippen MR) is 107 cm³/mol. The third kappa shape index (κ3) is 3.48. The fourth-order valence-corrected chi connectivity index (χ4v) is 3.50. The molecule has 0 spiro atoms.